The quantitative estimate of drug-likeness (QED) is 0.221. The van der Waals surface area contributed by atoms with Crippen molar-refractivity contribution in [2.24, 2.45) is 5.92 Å². The molecule has 3 amide bonds. The Labute approximate surface area is 256 Å². The molecule has 0 spiro atoms. The van der Waals surface area contributed by atoms with Crippen LogP contribution in [-0.4, -0.2) is 46.2 Å². The number of hydrogen-bond acceptors (Lipinski definition) is 5. The Kier molecular flexibility index (Phi) is 13.0. The largest absolute Gasteiger partial charge is 0.444 e. The van der Waals surface area contributed by atoms with Crippen molar-refractivity contribution in [2.45, 2.75) is 98.4 Å². The zero-order valence-corrected chi connectivity index (χ0v) is 27.2. The van der Waals surface area contributed by atoms with Gasteiger partial charge in [0.1, 0.15) is 17.7 Å². The van der Waals surface area contributed by atoms with Crippen molar-refractivity contribution in [2.75, 3.05) is 11.1 Å². The summed E-state index contributed by atoms with van der Waals surface area (Å²) in [6.45, 7) is 15.3. The lowest BCUT2D eigenvalue weighted by atomic mass is 9.96. The summed E-state index contributed by atoms with van der Waals surface area (Å²) in [5.41, 5.74) is 2.32. The van der Waals surface area contributed by atoms with E-state index < -0.39 is 35.6 Å². The van der Waals surface area contributed by atoms with E-state index in [4.69, 9.17) is 16.3 Å². The summed E-state index contributed by atoms with van der Waals surface area (Å²) in [5, 5.41) is 6.07. The van der Waals surface area contributed by atoms with Gasteiger partial charge in [0.15, 0.2) is 0 Å². The van der Waals surface area contributed by atoms with Gasteiger partial charge in [-0.1, -0.05) is 68.8 Å². The standard InChI is InChI=1S/C32H46ClN3O4S/c1-9-23-15-17-24(18-16-23)28(29(37)35-27-21(4)11-10-12-25(27)33)36(22(5)14-13-20(2)3)30(38)26(19-41)34-31(39)40-32(6,7)8/h10-12,15-18,20,22,26,28,41H,9,13-14,19H2,1-8H3,(H,34,39)(H,35,37). The molecule has 0 aliphatic rings. The number of nitrogens with zero attached hydrogens (tertiary/aromatic N) is 1. The summed E-state index contributed by atoms with van der Waals surface area (Å²) in [6, 6.07) is 10.8. The van der Waals surface area contributed by atoms with E-state index in [0.29, 0.717) is 28.6 Å². The van der Waals surface area contributed by atoms with E-state index in [9.17, 15) is 14.4 Å². The van der Waals surface area contributed by atoms with Gasteiger partial charge in [-0.15, -0.1) is 0 Å². The van der Waals surface area contributed by atoms with Crippen LogP contribution in [0.3, 0.4) is 0 Å². The molecular weight excluding hydrogens is 558 g/mol. The molecule has 0 bridgehead atoms. The lowest BCUT2D eigenvalue weighted by molar-refractivity contribution is -0.143. The summed E-state index contributed by atoms with van der Waals surface area (Å²) in [6.07, 6.45) is 1.63. The number of anilines is 1. The van der Waals surface area contributed by atoms with E-state index in [0.717, 1.165) is 24.0 Å². The first-order valence-electron chi connectivity index (χ1n) is 14.3. The summed E-state index contributed by atoms with van der Waals surface area (Å²) in [4.78, 5) is 42.7. The van der Waals surface area contributed by atoms with Crippen molar-refractivity contribution in [3.63, 3.8) is 0 Å². The Morgan fingerprint density at radius 3 is 2.17 bits per heavy atom. The smallest absolute Gasteiger partial charge is 0.408 e. The second-order valence-corrected chi connectivity index (χ2v) is 12.6. The van der Waals surface area contributed by atoms with Gasteiger partial charge < -0.3 is 20.3 Å². The molecule has 0 aromatic heterocycles. The fourth-order valence-electron chi connectivity index (χ4n) is 4.48. The van der Waals surface area contributed by atoms with E-state index in [1.807, 2.05) is 50.2 Å². The molecule has 0 heterocycles. The van der Waals surface area contributed by atoms with Gasteiger partial charge in [0.05, 0.1) is 10.7 Å². The zero-order valence-electron chi connectivity index (χ0n) is 25.6. The molecule has 2 rings (SSSR count). The Morgan fingerprint density at radius 2 is 1.66 bits per heavy atom. The average Bonchev–Trinajstić information content (AvgIpc) is 2.89. The second kappa shape index (κ2) is 15.5. The lowest BCUT2D eigenvalue weighted by Gasteiger charge is -2.38. The fraction of sp³-hybridized carbons (Fsp3) is 0.531. The van der Waals surface area contributed by atoms with Crippen LogP contribution in [0.1, 0.15) is 84.0 Å². The third-order valence-corrected chi connectivity index (χ3v) is 7.44. The van der Waals surface area contributed by atoms with Gasteiger partial charge in [-0.2, -0.15) is 12.6 Å². The van der Waals surface area contributed by atoms with Gasteiger partial charge in [-0.25, -0.2) is 4.79 Å². The molecule has 3 atom stereocenters. The van der Waals surface area contributed by atoms with Gasteiger partial charge in [0, 0.05) is 11.8 Å². The number of alkyl carbamates (subject to hydrolysis) is 1. The molecule has 2 aromatic rings. The Bertz CT molecular complexity index is 1160. The van der Waals surface area contributed by atoms with Crippen molar-refractivity contribution in [3.05, 3.63) is 64.2 Å². The molecule has 0 saturated heterocycles. The van der Waals surface area contributed by atoms with Gasteiger partial charge in [-0.3, -0.25) is 9.59 Å². The summed E-state index contributed by atoms with van der Waals surface area (Å²) in [7, 11) is 0. The van der Waals surface area contributed by atoms with Crippen LogP contribution in [0, 0.1) is 12.8 Å². The highest BCUT2D eigenvalue weighted by molar-refractivity contribution is 7.80. The third kappa shape index (κ3) is 10.3. The number of benzene rings is 2. The lowest BCUT2D eigenvalue weighted by Crippen LogP contribution is -2.55. The number of carbonyl (C=O) groups is 3. The molecule has 9 heteroatoms. The Balaban J connectivity index is 2.62. The van der Waals surface area contributed by atoms with Crippen LogP contribution in [-0.2, 0) is 20.7 Å². The summed E-state index contributed by atoms with van der Waals surface area (Å²) in [5.74, 6) is -0.391. The van der Waals surface area contributed by atoms with Crippen LogP contribution < -0.4 is 10.6 Å². The third-order valence-electron chi connectivity index (χ3n) is 6.76. The monoisotopic (exact) mass is 603 g/mol. The highest BCUT2D eigenvalue weighted by atomic mass is 35.5. The Hall–Kier alpha value is -2.71. The number of amides is 3. The molecule has 0 saturated carbocycles. The molecular formula is C32H46ClN3O4S. The Morgan fingerprint density at radius 1 is 1.02 bits per heavy atom. The van der Waals surface area contributed by atoms with Gasteiger partial charge in [-0.05, 0) is 82.6 Å². The highest BCUT2D eigenvalue weighted by Gasteiger charge is 2.39. The maximum Gasteiger partial charge on any atom is 0.408 e. The number of nitrogens with one attached hydrogen (secondary N) is 2. The van der Waals surface area contributed by atoms with Crippen molar-refractivity contribution >= 4 is 47.8 Å². The predicted octanol–water partition coefficient (Wildman–Crippen LogP) is 7.37. The van der Waals surface area contributed by atoms with Crippen molar-refractivity contribution in [1.29, 1.82) is 0 Å². The van der Waals surface area contributed by atoms with Crippen LogP contribution in [0.25, 0.3) is 0 Å². The number of ether oxygens (including phenoxy) is 1. The number of para-hydroxylation sites is 1. The van der Waals surface area contributed by atoms with E-state index in [2.05, 4.69) is 44.0 Å². The number of aryl methyl sites for hydroxylation is 2. The predicted molar refractivity (Wildman–Crippen MR) is 171 cm³/mol. The average molecular weight is 604 g/mol. The molecule has 0 aliphatic carbocycles. The van der Waals surface area contributed by atoms with Crippen LogP contribution >= 0.6 is 24.2 Å². The first kappa shape index (κ1) is 34.5. The fourth-order valence-corrected chi connectivity index (χ4v) is 5.00. The van der Waals surface area contributed by atoms with Crippen molar-refractivity contribution in [3.8, 4) is 0 Å². The second-order valence-electron chi connectivity index (χ2n) is 11.9. The van der Waals surface area contributed by atoms with Gasteiger partial charge >= 0.3 is 6.09 Å². The minimum Gasteiger partial charge on any atom is -0.444 e. The zero-order chi connectivity index (χ0) is 30.9. The van der Waals surface area contributed by atoms with Gasteiger partial charge in [0.2, 0.25) is 5.91 Å². The molecule has 3 unspecified atom stereocenters. The minimum absolute atomic E-state index is 0.0260. The summed E-state index contributed by atoms with van der Waals surface area (Å²) < 4.78 is 5.41. The van der Waals surface area contributed by atoms with Crippen LogP contribution in [0.5, 0.6) is 0 Å². The van der Waals surface area contributed by atoms with Crippen molar-refractivity contribution in [1.82, 2.24) is 10.2 Å². The van der Waals surface area contributed by atoms with E-state index in [1.165, 1.54) is 0 Å². The number of rotatable bonds is 12. The molecule has 0 fully saturated rings. The maximum atomic E-state index is 14.3. The molecule has 0 radical (unpaired) electrons. The molecule has 226 valence electrons. The van der Waals surface area contributed by atoms with E-state index >= 15 is 0 Å². The first-order valence-corrected chi connectivity index (χ1v) is 15.3. The van der Waals surface area contributed by atoms with Crippen LogP contribution in [0.15, 0.2) is 42.5 Å². The molecule has 2 N–H and O–H groups in total. The summed E-state index contributed by atoms with van der Waals surface area (Å²) >= 11 is 10.9. The maximum absolute atomic E-state index is 14.3. The van der Waals surface area contributed by atoms with E-state index in [-0.39, 0.29) is 11.8 Å². The number of thiol groups is 1. The molecule has 7 nitrogen and oxygen atoms in total. The molecule has 41 heavy (non-hydrogen) atoms. The molecule has 2 aromatic carbocycles. The SMILES string of the molecule is CCc1ccc(C(C(=O)Nc2c(C)cccc2Cl)N(C(=O)C(CS)NC(=O)OC(C)(C)C)C(C)CCC(C)C)cc1. The minimum atomic E-state index is -1.01. The highest BCUT2D eigenvalue weighted by Crippen LogP contribution is 2.32. The van der Waals surface area contributed by atoms with E-state index in [1.54, 1.807) is 31.7 Å². The topological polar surface area (TPSA) is 87.7 Å². The number of carbonyl (C=O) groups excluding carboxylic acids is 3. The van der Waals surface area contributed by atoms with Crippen LogP contribution in [0.2, 0.25) is 5.02 Å². The van der Waals surface area contributed by atoms with Crippen LogP contribution in [0.4, 0.5) is 10.5 Å². The number of hydrogen-bond donors (Lipinski definition) is 3. The molecule has 0 aliphatic heterocycles. The van der Waals surface area contributed by atoms with Gasteiger partial charge in [0.25, 0.3) is 5.91 Å². The number of halogens is 1. The normalized spacial score (nSPS) is 13.7. The first-order chi connectivity index (χ1) is 19.2. The van der Waals surface area contributed by atoms with Crippen molar-refractivity contribution < 1.29 is 19.1 Å².